The summed E-state index contributed by atoms with van der Waals surface area (Å²) in [5, 5.41) is 10.1. The fourth-order valence-corrected chi connectivity index (χ4v) is 3.47. The van der Waals surface area contributed by atoms with Gasteiger partial charge in [-0.2, -0.15) is 4.98 Å². The number of hydrogen-bond donors (Lipinski definition) is 2. The number of alkyl carbamates (subject to hydrolysis) is 1. The standard InChI is InChI=1S/C24H32N6O3/c1-14-8-9-15(2)19(12-14)27-21(31)11-10-18-16(3)26-22-28-20(29-30(22)17(18)4)13-25-23(32)33-24(5,6)7/h8-9,12H,10-11,13H2,1-7H3,(H,25,32)(H,27,31). The molecule has 2 heterocycles. The number of nitrogens with zero attached hydrogens (tertiary/aromatic N) is 4. The van der Waals surface area contributed by atoms with Crippen molar-refractivity contribution in [3.63, 3.8) is 0 Å². The van der Waals surface area contributed by atoms with E-state index in [-0.39, 0.29) is 12.5 Å². The van der Waals surface area contributed by atoms with Gasteiger partial charge in [-0.3, -0.25) is 4.79 Å². The minimum atomic E-state index is -0.578. The number of carbonyl (C=O) groups excluding carboxylic acids is 2. The van der Waals surface area contributed by atoms with Gasteiger partial charge in [-0.25, -0.2) is 14.3 Å². The van der Waals surface area contributed by atoms with Gasteiger partial charge in [-0.15, -0.1) is 5.10 Å². The first-order valence-corrected chi connectivity index (χ1v) is 11.0. The van der Waals surface area contributed by atoms with Gasteiger partial charge in [0, 0.05) is 23.5 Å². The van der Waals surface area contributed by atoms with Crippen molar-refractivity contribution in [2.45, 2.75) is 73.5 Å². The maximum absolute atomic E-state index is 12.6. The zero-order valence-corrected chi connectivity index (χ0v) is 20.4. The molecule has 0 atom stereocenters. The third-order valence-corrected chi connectivity index (χ3v) is 5.15. The summed E-state index contributed by atoms with van der Waals surface area (Å²) in [7, 11) is 0. The molecule has 0 fully saturated rings. The van der Waals surface area contributed by atoms with E-state index in [2.05, 4.69) is 25.7 Å². The molecule has 2 aromatic heterocycles. The molecular formula is C24H32N6O3. The lowest BCUT2D eigenvalue weighted by Crippen LogP contribution is -2.32. The van der Waals surface area contributed by atoms with Gasteiger partial charge >= 0.3 is 6.09 Å². The van der Waals surface area contributed by atoms with Crippen LogP contribution in [0.2, 0.25) is 0 Å². The van der Waals surface area contributed by atoms with Crippen molar-refractivity contribution >= 4 is 23.5 Å². The van der Waals surface area contributed by atoms with Gasteiger partial charge in [-0.1, -0.05) is 12.1 Å². The number of fused-ring (bicyclic) bond motifs is 1. The Hall–Kier alpha value is -3.49. The quantitative estimate of drug-likeness (QED) is 0.586. The summed E-state index contributed by atoms with van der Waals surface area (Å²) in [6.45, 7) is 13.3. The zero-order chi connectivity index (χ0) is 24.3. The molecule has 2 N–H and O–H groups in total. The number of aromatic nitrogens is 4. The number of benzene rings is 1. The van der Waals surface area contributed by atoms with Crippen LogP contribution < -0.4 is 10.6 Å². The largest absolute Gasteiger partial charge is 0.444 e. The molecule has 3 rings (SSSR count). The number of carbonyl (C=O) groups is 2. The number of ether oxygens (including phenoxy) is 1. The van der Waals surface area contributed by atoms with Gasteiger partial charge in [0.1, 0.15) is 5.60 Å². The number of anilines is 1. The number of rotatable bonds is 6. The van der Waals surface area contributed by atoms with E-state index in [9.17, 15) is 9.59 Å². The molecule has 2 amide bonds. The molecule has 0 aliphatic carbocycles. The molecular weight excluding hydrogens is 420 g/mol. The van der Waals surface area contributed by atoms with E-state index < -0.39 is 11.7 Å². The predicted octanol–water partition coefficient (Wildman–Crippen LogP) is 3.95. The lowest BCUT2D eigenvalue weighted by atomic mass is 10.1. The number of hydrogen-bond acceptors (Lipinski definition) is 6. The van der Waals surface area contributed by atoms with Crippen molar-refractivity contribution in [3.05, 3.63) is 52.1 Å². The second kappa shape index (κ2) is 9.56. The molecule has 0 radical (unpaired) electrons. The maximum Gasteiger partial charge on any atom is 0.408 e. The molecule has 0 aliphatic heterocycles. The molecule has 0 saturated heterocycles. The third-order valence-electron chi connectivity index (χ3n) is 5.15. The summed E-state index contributed by atoms with van der Waals surface area (Å²) >= 11 is 0. The second-order valence-electron chi connectivity index (χ2n) is 9.22. The minimum Gasteiger partial charge on any atom is -0.444 e. The SMILES string of the molecule is Cc1ccc(C)c(NC(=O)CCc2c(C)nc3nc(CNC(=O)OC(C)(C)C)nn3c2C)c1. The highest BCUT2D eigenvalue weighted by Crippen LogP contribution is 2.19. The molecule has 176 valence electrons. The van der Waals surface area contributed by atoms with Crippen LogP contribution >= 0.6 is 0 Å². The number of nitrogens with one attached hydrogen (secondary N) is 2. The van der Waals surface area contributed by atoms with Crippen molar-refractivity contribution < 1.29 is 14.3 Å². The molecule has 9 nitrogen and oxygen atoms in total. The Kier molecular flexibility index (Phi) is 7.00. The molecule has 0 spiro atoms. The Morgan fingerprint density at radius 3 is 2.52 bits per heavy atom. The molecule has 1 aromatic carbocycles. The van der Waals surface area contributed by atoms with Crippen molar-refractivity contribution in [1.29, 1.82) is 0 Å². The average molecular weight is 453 g/mol. The summed E-state index contributed by atoms with van der Waals surface area (Å²) < 4.78 is 6.89. The van der Waals surface area contributed by atoms with Crippen LogP contribution in [0.3, 0.4) is 0 Å². The average Bonchev–Trinajstić information content (AvgIpc) is 3.11. The van der Waals surface area contributed by atoms with E-state index in [1.54, 1.807) is 25.3 Å². The van der Waals surface area contributed by atoms with Crippen molar-refractivity contribution in [2.75, 3.05) is 5.32 Å². The number of aryl methyl sites for hydroxylation is 4. The zero-order valence-electron chi connectivity index (χ0n) is 20.4. The van der Waals surface area contributed by atoms with Crippen LogP contribution in [0.5, 0.6) is 0 Å². The number of amides is 2. The monoisotopic (exact) mass is 452 g/mol. The van der Waals surface area contributed by atoms with Crippen LogP contribution in [0.15, 0.2) is 18.2 Å². The topological polar surface area (TPSA) is 111 Å². The summed E-state index contributed by atoms with van der Waals surface area (Å²) in [5.41, 5.74) is 5.01. The Morgan fingerprint density at radius 1 is 1.09 bits per heavy atom. The molecule has 0 bridgehead atoms. The van der Waals surface area contributed by atoms with Gasteiger partial charge in [0.15, 0.2) is 5.82 Å². The summed E-state index contributed by atoms with van der Waals surface area (Å²) in [5.74, 6) is 0.832. The van der Waals surface area contributed by atoms with Gasteiger partial charge in [0.2, 0.25) is 5.91 Å². The van der Waals surface area contributed by atoms with Crippen molar-refractivity contribution in [1.82, 2.24) is 24.9 Å². The Balaban J connectivity index is 1.69. The lowest BCUT2D eigenvalue weighted by molar-refractivity contribution is -0.116. The molecule has 0 unspecified atom stereocenters. The smallest absolute Gasteiger partial charge is 0.408 e. The fourth-order valence-electron chi connectivity index (χ4n) is 3.47. The molecule has 9 heteroatoms. The highest BCUT2D eigenvalue weighted by Gasteiger charge is 2.18. The highest BCUT2D eigenvalue weighted by atomic mass is 16.6. The maximum atomic E-state index is 12.6. The van der Waals surface area contributed by atoms with Crippen LogP contribution in [0, 0.1) is 27.7 Å². The van der Waals surface area contributed by atoms with Crippen LogP contribution in [0.25, 0.3) is 5.78 Å². The molecule has 0 saturated carbocycles. The van der Waals surface area contributed by atoms with E-state index in [1.165, 1.54) is 0 Å². The summed E-state index contributed by atoms with van der Waals surface area (Å²) in [6.07, 6.45) is 0.324. The first-order chi connectivity index (χ1) is 15.4. The van der Waals surface area contributed by atoms with E-state index in [1.807, 2.05) is 45.9 Å². The van der Waals surface area contributed by atoms with Gasteiger partial charge in [0.25, 0.3) is 5.78 Å². The van der Waals surface area contributed by atoms with Gasteiger partial charge in [0.05, 0.1) is 6.54 Å². The predicted molar refractivity (Wildman–Crippen MR) is 126 cm³/mol. The first-order valence-electron chi connectivity index (χ1n) is 11.0. The van der Waals surface area contributed by atoms with E-state index in [0.717, 1.165) is 33.8 Å². The van der Waals surface area contributed by atoms with Crippen LogP contribution in [-0.4, -0.2) is 37.2 Å². The van der Waals surface area contributed by atoms with Crippen molar-refractivity contribution in [3.8, 4) is 0 Å². The second-order valence-corrected chi connectivity index (χ2v) is 9.22. The Morgan fingerprint density at radius 2 is 1.82 bits per heavy atom. The van der Waals surface area contributed by atoms with Crippen LogP contribution in [0.4, 0.5) is 10.5 Å². The summed E-state index contributed by atoms with van der Waals surface area (Å²) in [6, 6.07) is 5.99. The Bertz CT molecular complexity index is 1190. The lowest BCUT2D eigenvalue weighted by Gasteiger charge is -2.19. The fraction of sp³-hybridized carbons (Fsp3) is 0.458. The van der Waals surface area contributed by atoms with E-state index >= 15 is 0 Å². The van der Waals surface area contributed by atoms with Gasteiger partial charge in [-0.05, 0) is 77.6 Å². The first kappa shape index (κ1) is 24.2. The summed E-state index contributed by atoms with van der Waals surface area (Å²) in [4.78, 5) is 33.4. The minimum absolute atomic E-state index is 0.0524. The molecule has 33 heavy (non-hydrogen) atoms. The van der Waals surface area contributed by atoms with Crippen LogP contribution in [-0.2, 0) is 22.5 Å². The molecule has 0 aliphatic rings. The van der Waals surface area contributed by atoms with Crippen molar-refractivity contribution in [2.24, 2.45) is 0 Å². The highest BCUT2D eigenvalue weighted by molar-refractivity contribution is 5.91. The van der Waals surface area contributed by atoms with Gasteiger partial charge < -0.3 is 15.4 Å². The van der Waals surface area contributed by atoms with E-state index in [0.29, 0.717) is 24.4 Å². The Labute approximate surface area is 194 Å². The molecule has 3 aromatic rings. The van der Waals surface area contributed by atoms with Crippen LogP contribution in [0.1, 0.15) is 61.1 Å². The normalized spacial score (nSPS) is 11.5. The van der Waals surface area contributed by atoms with E-state index in [4.69, 9.17) is 4.74 Å². The third kappa shape index (κ3) is 6.27.